The smallest absolute Gasteiger partial charge is 0.338 e. The second-order valence-corrected chi connectivity index (χ2v) is 7.56. The van der Waals surface area contributed by atoms with Gasteiger partial charge in [-0.05, 0) is 19.0 Å². The fraction of sp³-hybridized carbons (Fsp3) is 0.381. The Labute approximate surface area is 179 Å². The van der Waals surface area contributed by atoms with Gasteiger partial charge < -0.3 is 9.47 Å². The summed E-state index contributed by atoms with van der Waals surface area (Å²) in [6.07, 6.45) is -0.270. The molecule has 1 saturated heterocycles. The molecule has 3 aromatic rings. The lowest BCUT2D eigenvalue weighted by Crippen LogP contribution is -2.24. The molecule has 31 heavy (non-hydrogen) atoms. The molecule has 10 heteroatoms. The zero-order chi connectivity index (χ0) is 22.8. The molecule has 10 nitrogen and oxygen atoms in total. The van der Waals surface area contributed by atoms with Crippen molar-refractivity contribution in [3.05, 3.63) is 52.6 Å². The Balaban J connectivity index is 1.58. The van der Waals surface area contributed by atoms with E-state index in [4.69, 9.17) is 10.8 Å². The number of H-pyrrole nitrogens is 1. The molecule has 1 aliphatic heterocycles. The number of benzene rings is 1. The van der Waals surface area contributed by atoms with Crippen molar-refractivity contribution in [3.8, 4) is 0 Å². The number of nitrogens with zero attached hydrogens (tertiary/aromatic N) is 3. The van der Waals surface area contributed by atoms with Crippen molar-refractivity contribution in [1.29, 1.82) is 0 Å². The molecule has 0 aliphatic carbocycles. The van der Waals surface area contributed by atoms with E-state index in [1.807, 2.05) is 0 Å². The van der Waals surface area contributed by atoms with Gasteiger partial charge >= 0.3 is 5.97 Å². The number of carbonyl (C=O) groups is 2. The van der Waals surface area contributed by atoms with E-state index in [2.05, 4.69) is 20.3 Å². The largest absolute Gasteiger partial charge is 0.456 e. The highest BCUT2D eigenvalue weighted by molar-refractivity contribution is 5.91. The summed E-state index contributed by atoms with van der Waals surface area (Å²) in [4.78, 5) is 47.8. The van der Waals surface area contributed by atoms with Gasteiger partial charge in [0.25, 0.3) is 5.56 Å². The number of ether oxygens (including phenoxy) is 2. The van der Waals surface area contributed by atoms with Gasteiger partial charge in [-0.2, -0.15) is 4.98 Å². The minimum atomic E-state index is -0.648. The summed E-state index contributed by atoms with van der Waals surface area (Å²) in [5.74, 6) is -1.08. The predicted octanol–water partition coefficient (Wildman–Crippen LogP) is 2.25. The first-order chi connectivity index (χ1) is 15.4. The van der Waals surface area contributed by atoms with Crippen LogP contribution in [0.1, 0.15) is 45.1 Å². The number of nitrogens with one attached hydrogen (secondary N) is 2. The monoisotopic (exact) mass is 426 g/mol. The molecule has 2 aromatic heterocycles. The van der Waals surface area contributed by atoms with Crippen molar-refractivity contribution in [1.82, 2.24) is 19.5 Å². The van der Waals surface area contributed by atoms with Crippen LogP contribution >= 0.6 is 0 Å². The molecular formula is C21H23N5O5. The molecule has 4 rings (SSSR count). The van der Waals surface area contributed by atoms with Crippen molar-refractivity contribution in [3.63, 3.8) is 0 Å². The summed E-state index contributed by atoms with van der Waals surface area (Å²) in [6, 6.07) is 8.58. The van der Waals surface area contributed by atoms with Crippen LogP contribution in [0.25, 0.3) is 11.2 Å². The molecule has 1 unspecified atom stereocenters. The van der Waals surface area contributed by atoms with Crippen LogP contribution < -0.4 is 10.9 Å². The topological polar surface area (TPSA) is 128 Å². The molecule has 1 fully saturated rings. The van der Waals surface area contributed by atoms with Gasteiger partial charge in [-0.25, -0.2) is 9.78 Å². The zero-order valence-electron chi connectivity index (χ0n) is 18.1. The molecule has 2 N–H and O–H groups in total. The number of imidazole rings is 1. The third-order valence-electron chi connectivity index (χ3n) is 4.96. The van der Waals surface area contributed by atoms with Crippen molar-refractivity contribution in [2.45, 2.75) is 45.6 Å². The van der Waals surface area contributed by atoms with Gasteiger partial charge in [0, 0.05) is 13.7 Å². The van der Waals surface area contributed by atoms with E-state index in [0.717, 1.165) is 0 Å². The standard InChI is InChI=1S/C21H23N5O5/c1-11(2)18(27)24-21-23-17-16(19(28)25-21)22-10-26(17)15-9-14(12(3)30-15)31-20(29)13-7-5-4-6-8-13/h4-8,10-12,14-15H,9H2,1-3H3,(H2,23,24,25,27,28)/t12-,14+,15?/m1/s1/i3D. The summed E-state index contributed by atoms with van der Waals surface area (Å²) in [5, 5.41) is 2.57. The number of carbonyl (C=O) groups excluding carboxylic acids is 2. The van der Waals surface area contributed by atoms with Crippen molar-refractivity contribution in [2.75, 3.05) is 5.32 Å². The molecule has 1 aliphatic rings. The molecule has 1 amide bonds. The van der Waals surface area contributed by atoms with Crippen LogP contribution in [-0.2, 0) is 14.3 Å². The molecular weight excluding hydrogens is 402 g/mol. The van der Waals surface area contributed by atoms with Gasteiger partial charge in [0.05, 0.1) is 18.0 Å². The second kappa shape index (κ2) is 8.31. The number of hydrogen-bond acceptors (Lipinski definition) is 7. The Kier molecular flexibility index (Phi) is 5.21. The number of fused-ring (bicyclic) bond motifs is 1. The predicted molar refractivity (Wildman–Crippen MR) is 111 cm³/mol. The number of amides is 1. The number of hydrogen-bond donors (Lipinski definition) is 2. The summed E-state index contributed by atoms with van der Waals surface area (Å²) < 4.78 is 20.9. The molecule has 1 aromatic carbocycles. The van der Waals surface area contributed by atoms with Gasteiger partial charge in [0.1, 0.15) is 12.3 Å². The second-order valence-electron chi connectivity index (χ2n) is 7.56. The van der Waals surface area contributed by atoms with E-state index in [-0.39, 0.29) is 42.3 Å². The van der Waals surface area contributed by atoms with E-state index >= 15 is 0 Å². The fourth-order valence-electron chi connectivity index (χ4n) is 3.24. The maximum atomic E-state index is 12.5. The lowest BCUT2D eigenvalue weighted by Gasteiger charge is -2.14. The first-order valence-corrected chi connectivity index (χ1v) is 9.85. The lowest BCUT2D eigenvalue weighted by molar-refractivity contribution is -0.118. The minimum absolute atomic E-state index is 0.00467. The van der Waals surface area contributed by atoms with E-state index < -0.39 is 30.0 Å². The summed E-state index contributed by atoms with van der Waals surface area (Å²) in [5.41, 5.74) is 0.210. The van der Waals surface area contributed by atoms with Crippen molar-refractivity contribution in [2.24, 2.45) is 5.92 Å². The third-order valence-corrected chi connectivity index (χ3v) is 4.96. The number of aromatic amines is 1. The van der Waals surface area contributed by atoms with Crippen LogP contribution in [0, 0.1) is 5.92 Å². The zero-order valence-corrected chi connectivity index (χ0v) is 17.1. The molecule has 0 bridgehead atoms. The molecule has 3 atom stereocenters. The minimum Gasteiger partial charge on any atom is -0.456 e. The van der Waals surface area contributed by atoms with Gasteiger partial charge in [0.15, 0.2) is 11.2 Å². The van der Waals surface area contributed by atoms with Crippen molar-refractivity contribution < 1.29 is 20.4 Å². The van der Waals surface area contributed by atoms with Gasteiger partial charge in [-0.3, -0.25) is 24.5 Å². The highest BCUT2D eigenvalue weighted by Gasteiger charge is 2.37. The fourth-order valence-corrected chi connectivity index (χ4v) is 3.24. The number of esters is 1. The van der Waals surface area contributed by atoms with Crippen LogP contribution in [-0.4, -0.2) is 43.6 Å². The van der Waals surface area contributed by atoms with Crippen LogP contribution in [0.15, 0.2) is 41.5 Å². The Morgan fingerprint density at radius 3 is 2.84 bits per heavy atom. The molecule has 3 heterocycles. The number of anilines is 1. The SMILES string of the molecule is [2H]C[C@H]1OC(n2cnc3c(=O)[nH]c(NC(=O)C(C)C)nc32)C[C@@H]1OC(=O)c1ccccc1. The maximum Gasteiger partial charge on any atom is 0.338 e. The maximum absolute atomic E-state index is 12.5. The van der Waals surface area contributed by atoms with E-state index in [0.29, 0.717) is 5.56 Å². The Hall–Kier alpha value is -3.53. The molecule has 162 valence electrons. The van der Waals surface area contributed by atoms with Crippen LogP contribution in [0.4, 0.5) is 5.95 Å². The van der Waals surface area contributed by atoms with E-state index in [1.165, 1.54) is 6.33 Å². The highest BCUT2D eigenvalue weighted by atomic mass is 16.6. The molecule has 0 saturated carbocycles. The summed E-state index contributed by atoms with van der Waals surface area (Å²) >= 11 is 0. The van der Waals surface area contributed by atoms with Crippen LogP contribution in [0.3, 0.4) is 0 Å². The molecule has 0 radical (unpaired) electrons. The lowest BCUT2D eigenvalue weighted by atomic mass is 10.2. The Bertz CT molecular complexity index is 1190. The number of aromatic nitrogens is 4. The first-order valence-electron chi connectivity index (χ1n) is 10.6. The summed E-state index contributed by atoms with van der Waals surface area (Å²) in [7, 11) is 0. The van der Waals surface area contributed by atoms with Gasteiger partial charge in [0.2, 0.25) is 11.9 Å². The van der Waals surface area contributed by atoms with Crippen LogP contribution in [0.5, 0.6) is 0 Å². The quantitative estimate of drug-likeness (QED) is 0.599. The highest BCUT2D eigenvalue weighted by Crippen LogP contribution is 2.32. The van der Waals surface area contributed by atoms with Gasteiger partial charge in [-0.15, -0.1) is 0 Å². The average molecular weight is 426 g/mol. The van der Waals surface area contributed by atoms with Gasteiger partial charge in [-0.1, -0.05) is 32.0 Å². The molecule has 0 spiro atoms. The summed E-state index contributed by atoms with van der Waals surface area (Å²) in [6.45, 7) is 3.33. The Morgan fingerprint density at radius 2 is 2.13 bits per heavy atom. The van der Waals surface area contributed by atoms with E-state index in [9.17, 15) is 14.4 Å². The normalized spacial score (nSPS) is 21.3. The van der Waals surface area contributed by atoms with E-state index in [1.54, 1.807) is 48.7 Å². The van der Waals surface area contributed by atoms with Crippen LogP contribution in [0.2, 0.25) is 0 Å². The average Bonchev–Trinajstić information content (AvgIpc) is 3.38. The third kappa shape index (κ3) is 4.19. The number of rotatable bonds is 5. The van der Waals surface area contributed by atoms with Crippen molar-refractivity contribution >= 4 is 29.0 Å². The Morgan fingerprint density at radius 1 is 1.35 bits per heavy atom. The first kappa shape index (κ1) is 19.4.